The predicted octanol–water partition coefficient (Wildman–Crippen LogP) is -0.117. The van der Waals surface area contributed by atoms with Gasteiger partial charge in [-0.2, -0.15) is 0 Å². The van der Waals surface area contributed by atoms with Crippen molar-refractivity contribution in [2.75, 3.05) is 33.0 Å². The van der Waals surface area contributed by atoms with Gasteiger partial charge in [-0.05, 0) is 5.41 Å². The van der Waals surface area contributed by atoms with E-state index in [1.807, 2.05) is 0 Å². The zero-order valence-electron chi connectivity index (χ0n) is 11.1. The number of rotatable bonds is 3. The van der Waals surface area contributed by atoms with Crippen LogP contribution in [0, 0.1) is 5.41 Å². The molecule has 0 amide bonds. The van der Waals surface area contributed by atoms with Crippen LogP contribution in [0.5, 0.6) is 0 Å². The Bertz CT molecular complexity index is 228. The Balaban J connectivity index is 1.65. The van der Waals surface area contributed by atoms with Crippen molar-refractivity contribution < 1.29 is 9.47 Å². The van der Waals surface area contributed by atoms with Gasteiger partial charge < -0.3 is 14.8 Å². The average Bonchev–Trinajstić information content (AvgIpc) is 2.78. The van der Waals surface area contributed by atoms with Gasteiger partial charge in [0.15, 0.2) is 0 Å². The largest absolute Gasteiger partial charge is 0.365 e. The van der Waals surface area contributed by atoms with Crippen LogP contribution in [0.4, 0.5) is 0 Å². The molecule has 0 aromatic heterocycles. The minimum absolute atomic E-state index is 0.121. The van der Waals surface area contributed by atoms with Crippen LogP contribution < -0.4 is 16.0 Å². The molecule has 2 heterocycles. The number of piperazine rings is 1. The number of nitrogens with one attached hydrogen (secondary N) is 3. The van der Waals surface area contributed by atoms with Crippen molar-refractivity contribution in [3.05, 3.63) is 0 Å². The van der Waals surface area contributed by atoms with Crippen LogP contribution in [0.15, 0.2) is 0 Å². The lowest BCUT2D eigenvalue weighted by molar-refractivity contribution is -0.00436. The highest BCUT2D eigenvalue weighted by Gasteiger charge is 2.29. The molecular formula is C12H25N3O2. The summed E-state index contributed by atoms with van der Waals surface area (Å²) in [5.41, 5.74) is 0.290. The lowest BCUT2D eigenvalue weighted by atomic mass is 9.86. The minimum atomic E-state index is 0.121. The molecule has 0 radical (unpaired) electrons. The van der Waals surface area contributed by atoms with Crippen LogP contribution in [0.1, 0.15) is 20.8 Å². The molecule has 2 fully saturated rings. The molecule has 0 spiro atoms. The first-order chi connectivity index (χ1) is 8.05. The topological polar surface area (TPSA) is 54.5 Å². The first-order valence-electron chi connectivity index (χ1n) is 6.45. The van der Waals surface area contributed by atoms with E-state index in [1.165, 1.54) is 0 Å². The van der Waals surface area contributed by atoms with E-state index >= 15 is 0 Å². The van der Waals surface area contributed by atoms with E-state index in [2.05, 4.69) is 36.7 Å². The fraction of sp³-hybridized carbons (Fsp3) is 1.00. The Morgan fingerprint density at radius 3 is 2.53 bits per heavy atom. The van der Waals surface area contributed by atoms with Crippen molar-refractivity contribution in [1.82, 2.24) is 16.0 Å². The zero-order valence-corrected chi connectivity index (χ0v) is 11.1. The second-order valence-electron chi connectivity index (χ2n) is 5.97. The molecule has 0 aliphatic carbocycles. The SMILES string of the molecule is CC(C)(C)C1CNC(OCC2COCN2)CN1. The van der Waals surface area contributed by atoms with Gasteiger partial charge in [0.1, 0.15) is 6.23 Å². The van der Waals surface area contributed by atoms with Gasteiger partial charge in [-0.1, -0.05) is 20.8 Å². The van der Waals surface area contributed by atoms with Gasteiger partial charge >= 0.3 is 0 Å². The molecular weight excluding hydrogens is 218 g/mol. The van der Waals surface area contributed by atoms with Crippen molar-refractivity contribution in [2.45, 2.75) is 39.1 Å². The highest BCUT2D eigenvalue weighted by Crippen LogP contribution is 2.20. The lowest BCUT2D eigenvalue weighted by Gasteiger charge is -2.38. The molecule has 3 unspecified atom stereocenters. The first kappa shape index (κ1) is 13.2. The zero-order chi connectivity index (χ0) is 12.3. The van der Waals surface area contributed by atoms with Gasteiger partial charge in [0, 0.05) is 19.1 Å². The van der Waals surface area contributed by atoms with Crippen molar-refractivity contribution in [2.24, 2.45) is 5.41 Å². The monoisotopic (exact) mass is 243 g/mol. The van der Waals surface area contributed by atoms with Gasteiger partial charge in [0.05, 0.1) is 26.0 Å². The van der Waals surface area contributed by atoms with E-state index in [1.54, 1.807) is 0 Å². The summed E-state index contributed by atoms with van der Waals surface area (Å²) in [4.78, 5) is 0. The van der Waals surface area contributed by atoms with E-state index < -0.39 is 0 Å². The van der Waals surface area contributed by atoms with Crippen LogP contribution in [0.2, 0.25) is 0 Å². The molecule has 2 rings (SSSR count). The van der Waals surface area contributed by atoms with Crippen LogP contribution in [-0.4, -0.2) is 51.3 Å². The summed E-state index contributed by atoms with van der Waals surface area (Å²) in [6.45, 7) is 10.7. The third-order valence-corrected chi connectivity index (χ3v) is 3.44. The molecule has 2 saturated heterocycles. The van der Waals surface area contributed by atoms with Crippen molar-refractivity contribution >= 4 is 0 Å². The molecule has 2 aliphatic heterocycles. The third kappa shape index (κ3) is 3.89. The molecule has 100 valence electrons. The maximum Gasteiger partial charge on any atom is 0.120 e. The first-order valence-corrected chi connectivity index (χ1v) is 6.45. The summed E-state index contributed by atoms with van der Waals surface area (Å²) in [5.74, 6) is 0. The van der Waals surface area contributed by atoms with Gasteiger partial charge in [-0.3, -0.25) is 10.6 Å². The summed E-state index contributed by atoms with van der Waals surface area (Å²) >= 11 is 0. The molecule has 17 heavy (non-hydrogen) atoms. The normalized spacial score (nSPS) is 35.1. The van der Waals surface area contributed by atoms with E-state index in [0.29, 0.717) is 30.8 Å². The minimum Gasteiger partial charge on any atom is -0.365 e. The Morgan fingerprint density at radius 2 is 2.00 bits per heavy atom. The van der Waals surface area contributed by atoms with Crippen molar-refractivity contribution in [3.63, 3.8) is 0 Å². The van der Waals surface area contributed by atoms with Crippen LogP contribution in [0.25, 0.3) is 0 Å². The number of hydrogen-bond acceptors (Lipinski definition) is 5. The van der Waals surface area contributed by atoms with E-state index in [-0.39, 0.29) is 6.23 Å². The lowest BCUT2D eigenvalue weighted by Crippen LogP contribution is -2.59. The molecule has 0 aromatic rings. The smallest absolute Gasteiger partial charge is 0.120 e. The standard InChI is InChI=1S/C12H25N3O2/c1-12(2,3)10-4-14-11(5-13-10)17-7-9-6-16-8-15-9/h9-11,13-15H,4-8H2,1-3H3. The number of ether oxygens (including phenoxy) is 2. The highest BCUT2D eigenvalue weighted by molar-refractivity contribution is 4.87. The van der Waals surface area contributed by atoms with Crippen LogP contribution >= 0.6 is 0 Å². The van der Waals surface area contributed by atoms with Gasteiger partial charge in [-0.15, -0.1) is 0 Å². The van der Waals surface area contributed by atoms with Crippen LogP contribution in [-0.2, 0) is 9.47 Å². The molecule has 2 aliphatic rings. The highest BCUT2D eigenvalue weighted by atomic mass is 16.5. The molecule has 0 saturated carbocycles. The van der Waals surface area contributed by atoms with Gasteiger partial charge in [0.25, 0.3) is 0 Å². The summed E-state index contributed by atoms with van der Waals surface area (Å²) in [6, 6.07) is 0.854. The molecule has 0 bridgehead atoms. The van der Waals surface area contributed by atoms with E-state index in [0.717, 1.165) is 19.7 Å². The third-order valence-electron chi connectivity index (χ3n) is 3.44. The predicted molar refractivity (Wildman–Crippen MR) is 66.7 cm³/mol. The van der Waals surface area contributed by atoms with Crippen LogP contribution in [0.3, 0.4) is 0 Å². The van der Waals surface area contributed by atoms with E-state index in [4.69, 9.17) is 9.47 Å². The fourth-order valence-corrected chi connectivity index (χ4v) is 2.15. The molecule has 5 heteroatoms. The maximum absolute atomic E-state index is 5.81. The molecule has 0 aromatic carbocycles. The quantitative estimate of drug-likeness (QED) is 0.645. The Hall–Kier alpha value is -0.200. The second kappa shape index (κ2) is 5.63. The van der Waals surface area contributed by atoms with Gasteiger partial charge in [-0.25, -0.2) is 0 Å². The fourth-order valence-electron chi connectivity index (χ4n) is 2.15. The van der Waals surface area contributed by atoms with Gasteiger partial charge in [0.2, 0.25) is 0 Å². The Morgan fingerprint density at radius 1 is 1.18 bits per heavy atom. The van der Waals surface area contributed by atoms with E-state index in [9.17, 15) is 0 Å². The second-order valence-corrected chi connectivity index (χ2v) is 5.97. The maximum atomic E-state index is 5.81. The number of hydrogen-bond donors (Lipinski definition) is 3. The van der Waals surface area contributed by atoms with Crippen molar-refractivity contribution in [1.29, 1.82) is 0 Å². The Labute approximate surface area is 104 Å². The summed E-state index contributed by atoms with van der Waals surface area (Å²) in [5, 5.41) is 10.2. The Kier molecular flexibility index (Phi) is 4.38. The summed E-state index contributed by atoms with van der Waals surface area (Å²) in [7, 11) is 0. The molecule has 5 nitrogen and oxygen atoms in total. The summed E-state index contributed by atoms with van der Waals surface area (Å²) < 4.78 is 11.0. The average molecular weight is 243 g/mol. The molecule has 3 N–H and O–H groups in total. The van der Waals surface area contributed by atoms with Crippen molar-refractivity contribution in [3.8, 4) is 0 Å². The summed E-state index contributed by atoms with van der Waals surface area (Å²) in [6.07, 6.45) is 0.121. The molecule has 3 atom stereocenters.